The number of benzene rings is 1. The summed E-state index contributed by atoms with van der Waals surface area (Å²) in [6.45, 7) is 4.36. The molecule has 3 heteroatoms. The van der Waals surface area contributed by atoms with Gasteiger partial charge < -0.3 is 10.4 Å². The Morgan fingerprint density at radius 3 is 2.71 bits per heavy atom. The van der Waals surface area contributed by atoms with Gasteiger partial charge >= 0.3 is 0 Å². The summed E-state index contributed by atoms with van der Waals surface area (Å²) in [4.78, 5) is 11.0. The van der Waals surface area contributed by atoms with Crippen LogP contribution in [0.15, 0.2) is 18.2 Å². The summed E-state index contributed by atoms with van der Waals surface area (Å²) in [7, 11) is 0. The maximum atomic E-state index is 11.0. The van der Waals surface area contributed by atoms with Gasteiger partial charge in [0, 0.05) is 18.3 Å². The largest absolute Gasteiger partial charge is 0.507 e. The number of phenolic OH excluding ortho intramolecular Hbond substituents is 1. The van der Waals surface area contributed by atoms with Gasteiger partial charge in [-0.25, -0.2) is 0 Å². The van der Waals surface area contributed by atoms with Crippen LogP contribution >= 0.6 is 0 Å². The Hall–Kier alpha value is -1.51. The van der Waals surface area contributed by atoms with E-state index in [4.69, 9.17) is 0 Å². The van der Waals surface area contributed by atoms with Crippen molar-refractivity contribution < 1.29 is 9.90 Å². The summed E-state index contributed by atoms with van der Waals surface area (Å²) in [5.41, 5.74) is 1.21. The van der Waals surface area contributed by atoms with Crippen LogP contribution in [0.2, 0.25) is 0 Å². The number of anilines is 1. The van der Waals surface area contributed by atoms with Gasteiger partial charge in [-0.05, 0) is 25.5 Å². The molecular formula is C11H15NO2. The first-order chi connectivity index (χ1) is 6.65. The lowest BCUT2D eigenvalue weighted by Crippen LogP contribution is -2.00. The van der Waals surface area contributed by atoms with E-state index in [0.717, 1.165) is 18.7 Å². The number of carbonyl (C=O) groups is 1. The van der Waals surface area contributed by atoms with Gasteiger partial charge in [0.05, 0.1) is 5.56 Å². The lowest BCUT2D eigenvalue weighted by atomic mass is 10.1. The number of hydrogen-bond acceptors (Lipinski definition) is 3. The molecule has 0 amide bonds. The highest BCUT2D eigenvalue weighted by molar-refractivity contribution is 5.97. The SMILES string of the molecule is CCCNc1ccc(C(C)=O)c(O)c1. The third-order valence-electron chi connectivity index (χ3n) is 1.96. The minimum atomic E-state index is -0.121. The summed E-state index contributed by atoms with van der Waals surface area (Å²) in [6, 6.07) is 5.01. The van der Waals surface area contributed by atoms with Gasteiger partial charge in [0.15, 0.2) is 5.78 Å². The first-order valence-electron chi connectivity index (χ1n) is 4.73. The molecule has 0 spiro atoms. The van der Waals surface area contributed by atoms with E-state index in [1.165, 1.54) is 6.92 Å². The van der Waals surface area contributed by atoms with Crippen molar-refractivity contribution in [1.29, 1.82) is 0 Å². The van der Waals surface area contributed by atoms with Crippen molar-refractivity contribution in [3.63, 3.8) is 0 Å². The van der Waals surface area contributed by atoms with Gasteiger partial charge in [0.2, 0.25) is 0 Å². The van der Waals surface area contributed by atoms with Crippen LogP contribution in [0.4, 0.5) is 5.69 Å². The normalized spacial score (nSPS) is 9.86. The van der Waals surface area contributed by atoms with Crippen molar-refractivity contribution in [2.24, 2.45) is 0 Å². The average Bonchev–Trinajstić information content (AvgIpc) is 2.14. The Morgan fingerprint density at radius 2 is 2.21 bits per heavy atom. The van der Waals surface area contributed by atoms with Crippen LogP contribution in [0.25, 0.3) is 0 Å². The predicted molar refractivity (Wildman–Crippen MR) is 56.9 cm³/mol. The lowest BCUT2D eigenvalue weighted by molar-refractivity contribution is 0.101. The number of rotatable bonds is 4. The summed E-state index contributed by atoms with van der Waals surface area (Å²) < 4.78 is 0. The van der Waals surface area contributed by atoms with Crippen LogP contribution < -0.4 is 5.32 Å². The zero-order valence-electron chi connectivity index (χ0n) is 8.50. The van der Waals surface area contributed by atoms with Gasteiger partial charge in [0.1, 0.15) is 5.75 Å². The second-order valence-electron chi connectivity index (χ2n) is 3.21. The molecule has 0 saturated heterocycles. The molecule has 76 valence electrons. The second-order valence-corrected chi connectivity index (χ2v) is 3.21. The summed E-state index contributed by atoms with van der Waals surface area (Å²) in [5, 5.41) is 12.6. The summed E-state index contributed by atoms with van der Waals surface area (Å²) in [5.74, 6) is -0.0804. The molecule has 14 heavy (non-hydrogen) atoms. The van der Waals surface area contributed by atoms with Gasteiger partial charge in [-0.15, -0.1) is 0 Å². The second kappa shape index (κ2) is 4.65. The van der Waals surface area contributed by atoms with E-state index in [2.05, 4.69) is 12.2 Å². The van der Waals surface area contributed by atoms with Crippen molar-refractivity contribution >= 4 is 11.5 Å². The Kier molecular flexibility index (Phi) is 3.51. The molecule has 0 atom stereocenters. The molecule has 1 aromatic carbocycles. The number of nitrogens with one attached hydrogen (secondary N) is 1. The molecule has 0 aromatic heterocycles. The third-order valence-corrected chi connectivity index (χ3v) is 1.96. The van der Waals surface area contributed by atoms with Crippen LogP contribution in [0.5, 0.6) is 5.75 Å². The van der Waals surface area contributed by atoms with Crippen molar-refractivity contribution in [3.8, 4) is 5.75 Å². The molecule has 1 aromatic rings. The zero-order chi connectivity index (χ0) is 10.6. The fourth-order valence-electron chi connectivity index (χ4n) is 1.21. The molecule has 0 aliphatic heterocycles. The molecule has 0 radical (unpaired) electrons. The molecular weight excluding hydrogens is 178 g/mol. The highest BCUT2D eigenvalue weighted by Gasteiger charge is 2.06. The standard InChI is InChI=1S/C11H15NO2/c1-3-6-12-9-4-5-10(8(2)13)11(14)7-9/h4-5,7,12,14H,3,6H2,1-2H3. The third kappa shape index (κ3) is 2.49. The first-order valence-corrected chi connectivity index (χ1v) is 4.73. The Morgan fingerprint density at radius 1 is 1.50 bits per heavy atom. The van der Waals surface area contributed by atoms with E-state index < -0.39 is 0 Å². The maximum Gasteiger partial charge on any atom is 0.163 e. The molecule has 3 nitrogen and oxygen atoms in total. The first kappa shape index (κ1) is 10.6. The lowest BCUT2D eigenvalue weighted by Gasteiger charge is -2.06. The van der Waals surface area contributed by atoms with Crippen molar-refractivity contribution in [3.05, 3.63) is 23.8 Å². The number of ketones is 1. The van der Waals surface area contributed by atoms with Gasteiger partial charge in [-0.2, -0.15) is 0 Å². The van der Waals surface area contributed by atoms with Gasteiger partial charge in [-0.3, -0.25) is 4.79 Å². The monoisotopic (exact) mass is 193 g/mol. The average molecular weight is 193 g/mol. The quantitative estimate of drug-likeness (QED) is 0.722. The number of phenols is 1. The van der Waals surface area contributed by atoms with Crippen molar-refractivity contribution in [2.45, 2.75) is 20.3 Å². The van der Waals surface area contributed by atoms with E-state index in [9.17, 15) is 9.90 Å². The Labute approximate surface area is 83.8 Å². The molecule has 0 aliphatic rings. The van der Waals surface area contributed by atoms with Gasteiger partial charge in [0.25, 0.3) is 0 Å². The van der Waals surface area contributed by atoms with E-state index in [1.54, 1.807) is 18.2 Å². The number of aromatic hydroxyl groups is 1. The Bertz CT molecular complexity index is 334. The summed E-state index contributed by atoms with van der Waals surface area (Å²) >= 11 is 0. The molecule has 0 aliphatic carbocycles. The molecule has 0 bridgehead atoms. The highest BCUT2D eigenvalue weighted by Crippen LogP contribution is 2.22. The molecule has 2 N–H and O–H groups in total. The molecule has 0 heterocycles. The predicted octanol–water partition coefficient (Wildman–Crippen LogP) is 2.42. The molecule has 0 saturated carbocycles. The Balaban J connectivity index is 2.83. The smallest absolute Gasteiger partial charge is 0.163 e. The minimum Gasteiger partial charge on any atom is -0.507 e. The van der Waals surface area contributed by atoms with E-state index in [-0.39, 0.29) is 11.5 Å². The van der Waals surface area contributed by atoms with Crippen LogP contribution in [0.3, 0.4) is 0 Å². The fraction of sp³-hybridized carbons (Fsp3) is 0.364. The topological polar surface area (TPSA) is 49.3 Å². The molecule has 0 fully saturated rings. The highest BCUT2D eigenvalue weighted by atomic mass is 16.3. The molecule has 0 unspecified atom stereocenters. The van der Waals surface area contributed by atoms with Gasteiger partial charge in [-0.1, -0.05) is 6.92 Å². The number of hydrogen-bond donors (Lipinski definition) is 2. The van der Waals surface area contributed by atoms with Crippen molar-refractivity contribution in [1.82, 2.24) is 0 Å². The van der Waals surface area contributed by atoms with Crippen LogP contribution in [-0.4, -0.2) is 17.4 Å². The number of carbonyl (C=O) groups excluding carboxylic acids is 1. The summed E-state index contributed by atoms with van der Waals surface area (Å²) in [6.07, 6.45) is 1.02. The van der Waals surface area contributed by atoms with E-state index in [1.807, 2.05) is 0 Å². The molecule has 1 rings (SSSR count). The van der Waals surface area contributed by atoms with Crippen LogP contribution in [0.1, 0.15) is 30.6 Å². The van der Waals surface area contributed by atoms with E-state index >= 15 is 0 Å². The maximum absolute atomic E-state index is 11.0. The fourth-order valence-corrected chi connectivity index (χ4v) is 1.21. The van der Waals surface area contributed by atoms with E-state index in [0.29, 0.717) is 5.56 Å². The van der Waals surface area contributed by atoms with Crippen LogP contribution in [-0.2, 0) is 0 Å². The van der Waals surface area contributed by atoms with Crippen molar-refractivity contribution in [2.75, 3.05) is 11.9 Å². The minimum absolute atomic E-state index is 0.0404. The number of Topliss-reactive ketones (excluding diaryl/α,β-unsaturated/α-hetero) is 1. The van der Waals surface area contributed by atoms with Crippen LogP contribution in [0, 0.1) is 0 Å². The zero-order valence-corrected chi connectivity index (χ0v) is 8.50.